The molecule has 21 heavy (non-hydrogen) atoms. The van der Waals surface area contributed by atoms with Crippen LogP contribution in [0.1, 0.15) is 31.4 Å². The van der Waals surface area contributed by atoms with Crippen LogP contribution in [0.25, 0.3) is 0 Å². The van der Waals surface area contributed by atoms with Gasteiger partial charge in [0, 0.05) is 25.6 Å². The van der Waals surface area contributed by atoms with Crippen LogP contribution in [0.5, 0.6) is 0 Å². The number of hydrogen-bond acceptors (Lipinski definition) is 3. The van der Waals surface area contributed by atoms with Gasteiger partial charge >= 0.3 is 6.03 Å². The second-order valence-electron chi connectivity index (χ2n) is 5.01. The molecule has 0 spiro atoms. The summed E-state index contributed by atoms with van der Waals surface area (Å²) < 4.78 is 0. The van der Waals surface area contributed by atoms with E-state index in [-0.39, 0.29) is 17.9 Å². The molecule has 1 saturated heterocycles. The van der Waals surface area contributed by atoms with Crippen LogP contribution in [0.4, 0.5) is 10.5 Å². The third-order valence-electron chi connectivity index (χ3n) is 3.57. The Bertz CT molecular complexity index is 525. The minimum Gasteiger partial charge on any atom is -0.339 e. The molecule has 0 aromatic carbocycles. The zero-order chi connectivity index (χ0) is 15.2. The van der Waals surface area contributed by atoms with Gasteiger partial charge in [-0.05, 0) is 25.8 Å². The van der Waals surface area contributed by atoms with Crippen molar-refractivity contribution in [3.8, 4) is 0 Å². The number of piperidine rings is 1. The molecule has 1 fully saturated rings. The number of urea groups is 1. The zero-order valence-electron chi connectivity index (χ0n) is 12.2. The Hall–Kier alpha value is -2.31. The first kappa shape index (κ1) is 15.1. The van der Waals surface area contributed by atoms with Crippen molar-refractivity contribution in [2.45, 2.75) is 25.7 Å². The Balaban J connectivity index is 2.07. The van der Waals surface area contributed by atoms with E-state index in [9.17, 15) is 9.59 Å². The van der Waals surface area contributed by atoms with Crippen LogP contribution >= 0.6 is 0 Å². The van der Waals surface area contributed by atoms with E-state index in [4.69, 9.17) is 0 Å². The largest absolute Gasteiger partial charge is 0.339 e. The number of rotatable bonds is 4. The monoisotopic (exact) mass is 291 g/mol. The van der Waals surface area contributed by atoms with Gasteiger partial charge in [0.15, 0.2) is 0 Å². The van der Waals surface area contributed by atoms with E-state index in [1.165, 1.54) is 6.08 Å². The van der Waals surface area contributed by atoms with Crippen LogP contribution < -0.4 is 10.6 Å². The molecule has 114 valence electrons. The molecule has 0 radical (unpaired) electrons. The number of hydrogen-bond donors (Lipinski definition) is 3. The molecule has 7 nitrogen and oxygen atoms in total. The highest BCUT2D eigenvalue weighted by atomic mass is 16.2. The highest BCUT2D eigenvalue weighted by Gasteiger charge is 2.26. The van der Waals surface area contributed by atoms with Crippen molar-refractivity contribution in [2.24, 2.45) is 0 Å². The third kappa shape index (κ3) is 3.62. The first-order valence-corrected chi connectivity index (χ1v) is 7.15. The van der Waals surface area contributed by atoms with Crippen molar-refractivity contribution in [3.63, 3.8) is 0 Å². The first-order chi connectivity index (χ1) is 10.2. The van der Waals surface area contributed by atoms with Gasteiger partial charge in [-0.15, -0.1) is 0 Å². The average Bonchev–Trinajstić information content (AvgIpc) is 2.94. The number of nitrogens with zero attached hydrogens (tertiary/aromatic N) is 2. The van der Waals surface area contributed by atoms with Gasteiger partial charge in [0.1, 0.15) is 0 Å². The minimum absolute atomic E-state index is 0.0579. The molecular weight excluding hydrogens is 270 g/mol. The maximum atomic E-state index is 11.7. The molecule has 2 heterocycles. The first-order valence-electron chi connectivity index (χ1n) is 7.15. The molecule has 3 N–H and O–H groups in total. The summed E-state index contributed by atoms with van der Waals surface area (Å²) in [6.45, 7) is 7.29. The zero-order valence-corrected chi connectivity index (χ0v) is 12.2. The second kappa shape index (κ2) is 6.92. The van der Waals surface area contributed by atoms with Crippen molar-refractivity contribution in [3.05, 3.63) is 24.5 Å². The molecule has 2 rings (SSSR count). The van der Waals surface area contributed by atoms with Gasteiger partial charge in [-0.1, -0.05) is 6.58 Å². The van der Waals surface area contributed by atoms with Crippen molar-refractivity contribution < 1.29 is 9.59 Å². The number of anilines is 1. The summed E-state index contributed by atoms with van der Waals surface area (Å²) in [6.07, 6.45) is 4.80. The molecule has 7 heteroatoms. The fourth-order valence-electron chi connectivity index (χ4n) is 2.58. The number of aromatic amines is 1. The van der Waals surface area contributed by atoms with Crippen molar-refractivity contribution in [1.82, 2.24) is 20.4 Å². The molecule has 0 bridgehead atoms. The summed E-state index contributed by atoms with van der Waals surface area (Å²) in [5, 5.41) is 12.4. The fourth-order valence-corrected chi connectivity index (χ4v) is 2.58. The summed E-state index contributed by atoms with van der Waals surface area (Å²) >= 11 is 0. The van der Waals surface area contributed by atoms with Crippen LogP contribution in [-0.2, 0) is 4.79 Å². The van der Waals surface area contributed by atoms with Gasteiger partial charge in [0.2, 0.25) is 5.91 Å². The average molecular weight is 291 g/mol. The van der Waals surface area contributed by atoms with E-state index in [1.54, 1.807) is 11.1 Å². The maximum Gasteiger partial charge on any atom is 0.319 e. The lowest BCUT2D eigenvalue weighted by molar-refractivity contribution is -0.127. The topological polar surface area (TPSA) is 90.1 Å². The number of carbonyl (C=O) groups excluding carboxylic acids is 2. The molecule has 1 unspecified atom stereocenters. The Morgan fingerprint density at radius 3 is 3.14 bits per heavy atom. The standard InChI is InChI=1S/C14H21N5O2/c1-3-12(20)19-7-5-6-10(9-19)13-11(8-16-18-13)17-14(21)15-4-2/h3,8,10H,1,4-7,9H2,2H3,(H,16,18)(H2,15,17,21). The number of H-pyrrole nitrogens is 1. The summed E-state index contributed by atoms with van der Waals surface area (Å²) in [6, 6.07) is -0.255. The molecule has 1 aromatic heterocycles. The van der Waals surface area contributed by atoms with E-state index in [0.717, 1.165) is 25.1 Å². The molecule has 1 aromatic rings. The molecule has 0 aliphatic carbocycles. The highest BCUT2D eigenvalue weighted by molar-refractivity contribution is 5.90. The normalized spacial score (nSPS) is 18.1. The Morgan fingerprint density at radius 2 is 2.43 bits per heavy atom. The van der Waals surface area contributed by atoms with Crippen LogP contribution in [-0.4, -0.2) is 46.7 Å². The summed E-state index contributed by atoms with van der Waals surface area (Å²) in [7, 11) is 0. The van der Waals surface area contributed by atoms with Gasteiger partial charge in [-0.3, -0.25) is 9.89 Å². The van der Waals surface area contributed by atoms with Crippen LogP contribution in [0.2, 0.25) is 0 Å². The number of nitrogens with one attached hydrogen (secondary N) is 3. The molecule has 0 saturated carbocycles. The van der Waals surface area contributed by atoms with Gasteiger partial charge in [-0.25, -0.2) is 4.79 Å². The van der Waals surface area contributed by atoms with Crippen LogP contribution in [0.15, 0.2) is 18.9 Å². The number of amides is 3. The lowest BCUT2D eigenvalue weighted by Gasteiger charge is -2.32. The lowest BCUT2D eigenvalue weighted by atomic mass is 9.94. The van der Waals surface area contributed by atoms with Crippen molar-refractivity contribution >= 4 is 17.6 Å². The smallest absolute Gasteiger partial charge is 0.319 e. The van der Waals surface area contributed by atoms with Gasteiger partial charge in [0.25, 0.3) is 0 Å². The summed E-state index contributed by atoms with van der Waals surface area (Å²) in [4.78, 5) is 25.1. The van der Waals surface area contributed by atoms with Crippen molar-refractivity contribution in [1.29, 1.82) is 0 Å². The van der Waals surface area contributed by atoms with E-state index in [1.807, 2.05) is 6.92 Å². The van der Waals surface area contributed by atoms with Gasteiger partial charge in [0.05, 0.1) is 17.6 Å². The third-order valence-corrected chi connectivity index (χ3v) is 3.57. The van der Waals surface area contributed by atoms with Gasteiger partial charge < -0.3 is 15.5 Å². The predicted molar refractivity (Wildman–Crippen MR) is 80.0 cm³/mol. The highest BCUT2D eigenvalue weighted by Crippen LogP contribution is 2.30. The van der Waals surface area contributed by atoms with E-state index < -0.39 is 0 Å². The molecule has 3 amide bonds. The lowest BCUT2D eigenvalue weighted by Crippen LogP contribution is -2.38. The number of aromatic nitrogens is 2. The summed E-state index contributed by atoms with van der Waals surface area (Å²) in [5.41, 5.74) is 1.53. The van der Waals surface area contributed by atoms with E-state index >= 15 is 0 Å². The fraction of sp³-hybridized carbons (Fsp3) is 0.500. The number of likely N-dealkylation sites (tertiary alicyclic amines) is 1. The molecule has 1 aliphatic heterocycles. The van der Waals surface area contributed by atoms with E-state index in [2.05, 4.69) is 27.4 Å². The maximum absolute atomic E-state index is 11.7. The molecule has 1 atom stereocenters. The van der Waals surface area contributed by atoms with E-state index in [0.29, 0.717) is 18.8 Å². The Morgan fingerprint density at radius 1 is 1.62 bits per heavy atom. The molecular formula is C14H21N5O2. The summed E-state index contributed by atoms with van der Waals surface area (Å²) in [5.74, 6) is 0.0829. The predicted octanol–water partition coefficient (Wildman–Crippen LogP) is 1.44. The SMILES string of the molecule is C=CC(=O)N1CCCC(c2[nH]ncc2NC(=O)NCC)C1. The molecule has 1 aliphatic rings. The van der Waals surface area contributed by atoms with Crippen LogP contribution in [0.3, 0.4) is 0 Å². The van der Waals surface area contributed by atoms with Crippen LogP contribution in [0, 0.1) is 0 Å². The Labute approximate surface area is 123 Å². The Kier molecular flexibility index (Phi) is 4.97. The number of carbonyl (C=O) groups is 2. The van der Waals surface area contributed by atoms with Gasteiger partial charge in [-0.2, -0.15) is 5.10 Å². The second-order valence-corrected chi connectivity index (χ2v) is 5.01. The quantitative estimate of drug-likeness (QED) is 0.733. The van der Waals surface area contributed by atoms with Crippen molar-refractivity contribution in [2.75, 3.05) is 25.0 Å². The minimum atomic E-state index is -0.255.